The number of aliphatic hydroxyl groups excluding tert-OH is 1. The molecule has 1 N–H and O–H groups in total. The topological polar surface area (TPSA) is 20.2 Å². The van der Waals surface area contributed by atoms with Crippen LogP contribution < -0.4 is 0 Å². The molecule has 0 saturated heterocycles. The van der Waals surface area contributed by atoms with Gasteiger partial charge in [0.25, 0.3) is 0 Å². The molecular formula is C18H19F3O. The quantitative estimate of drug-likeness (QED) is 0.812. The maximum Gasteiger partial charge on any atom is 0.417 e. The Labute approximate surface area is 128 Å². The number of halogens is 3. The lowest BCUT2D eigenvalue weighted by Crippen LogP contribution is -2.14. The molecule has 4 heteroatoms. The van der Waals surface area contributed by atoms with E-state index in [0.29, 0.717) is 16.7 Å². The van der Waals surface area contributed by atoms with Gasteiger partial charge in [-0.2, -0.15) is 13.2 Å². The van der Waals surface area contributed by atoms with Crippen molar-refractivity contribution in [2.75, 3.05) is 0 Å². The molecule has 0 heterocycles. The number of hydrogen-bond acceptors (Lipinski definition) is 1. The molecule has 0 radical (unpaired) electrons. The van der Waals surface area contributed by atoms with Crippen molar-refractivity contribution in [3.05, 3.63) is 59.2 Å². The van der Waals surface area contributed by atoms with Crippen LogP contribution in [0.25, 0.3) is 11.1 Å². The first-order chi connectivity index (χ1) is 10.1. The Balaban J connectivity index is 2.59. The Morgan fingerprint density at radius 1 is 0.909 bits per heavy atom. The van der Waals surface area contributed by atoms with E-state index in [0.717, 1.165) is 0 Å². The molecule has 0 saturated carbocycles. The maximum atomic E-state index is 13.4. The average molecular weight is 308 g/mol. The van der Waals surface area contributed by atoms with Crippen LogP contribution in [0.4, 0.5) is 13.2 Å². The molecule has 0 bridgehead atoms. The first kappa shape index (κ1) is 16.6. The molecule has 0 aliphatic rings. The predicted molar refractivity (Wildman–Crippen MR) is 81.5 cm³/mol. The molecule has 0 aromatic heterocycles. The molecule has 0 atom stereocenters. The summed E-state index contributed by atoms with van der Waals surface area (Å²) < 4.78 is 40.2. The van der Waals surface area contributed by atoms with Crippen molar-refractivity contribution < 1.29 is 18.3 Å². The molecular weight excluding hydrogens is 289 g/mol. The smallest absolute Gasteiger partial charge is 0.392 e. The van der Waals surface area contributed by atoms with Crippen molar-refractivity contribution in [1.29, 1.82) is 0 Å². The Kier molecular flexibility index (Phi) is 4.34. The minimum Gasteiger partial charge on any atom is -0.392 e. The number of rotatable bonds is 2. The van der Waals surface area contributed by atoms with Crippen LogP contribution >= 0.6 is 0 Å². The molecule has 2 aromatic carbocycles. The summed E-state index contributed by atoms with van der Waals surface area (Å²) in [5, 5.41) is 9.03. The molecule has 2 rings (SSSR count). The van der Waals surface area contributed by atoms with Gasteiger partial charge in [0.2, 0.25) is 0 Å². The Bertz CT molecular complexity index is 650. The van der Waals surface area contributed by atoms with Crippen LogP contribution in [-0.4, -0.2) is 5.11 Å². The van der Waals surface area contributed by atoms with Crippen LogP contribution in [0.3, 0.4) is 0 Å². The highest BCUT2D eigenvalue weighted by atomic mass is 19.4. The summed E-state index contributed by atoms with van der Waals surface area (Å²) in [5.74, 6) is 0. The molecule has 0 spiro atoms. The van der Waals surface area contributed by atoms with Crippen molar-refractivity contribution in [3.63, 3.8) is 0 Å². The van der Waals surface area contributed by atoms with Gasteiger partial charge in [-0.3, -0.25) is 0 Å². The van der Waals surface area contributed by atoms with Gasteiger partial charge >= 0.3 is 6.18 Å². The highest BCUT2D eigenvalue weighted by Gasteiger charge is 2.34. The fourth-order valence-corrected chi connectivity index (χ4v) is 2.29. The minimum absolute atomic E-state index is 0.130. The van der Waals surface area contributed by atoms with E-state index in [1.165, 1.54) is 12.1 Å². The summed E-state index contributed by atoms with van der Waals surface area (Å²) in [6, 6.07) is 11.0. The fourth-order valence-electron chi connectivity index (χ4n) is 2.29. The highest BCUT2D eigenvalue weighted by molar-refractivity contribution is 5.69. The molecule has 22 heavy (non-hydrogen) atoms. The van der Waals surface area contributed by atoms with Gasteiger partial charge in [0, 0.05) is 0 Å². The third-order valence-electron chi connectivity index (χ3n) is 3.64. The van der Waals surface area contributed by atoms with E-state index in [2.05, 4.69) is 0 Å². The zero-order chi connectivity index (χ0) is 16.5. The first-order valence-electron chi connectivity index (χ1n) is 7.05. The van der Waals surface area contributed by atoms with E-state index in [9.17, 15) is 13.2 Å². The van der Waals surface area contributed by atoms with Gasteiger partial charge in [-0.05, 0) is 33.7 Å². The largest absolute Gasteiger partial charge is 0.417 e. The summed E-state index contributed by atoms with van der Waals surface area (Å²) in [6.45, 7) is 5.53. The summed E-state index contributed by atoms with van der Waals surface area (Å²) >= 11 is 0. The van der Waals surface area contributed by atoms with Gasteiger partial charge in [0.05, 0.1) is 12.2 Å². The monoisotopic (exact) mass is 308 g/mol. The van der Waals surface area contributed by atoms with Gasteiger partial charge in [-0.25, -0.2) is 0 Å². The summed E-state index contributed by atoms with van der Waals surface area (Å²) in [6.07, 6.45) is -4.41. The standard InChI is InChI=1S/C18H19F3O/c1-17(2,3)14-8-9-15(16(10-14)18(19,20)21)13-6-4-12(11-22)5-7-13/h4-10,22H,11H2,1-3H3. The number of hydrogen-bond donors (Lipinski definition) is 1. The van der Waals surface area contributed by atoms with Gasteiger partial charge in [0.15, 0.2) is 0 Å². The maximum absolute atomic E-state index is 13.4. The van der Waals surface area contributed by atoms with Crippen molar-refractivity contribution >= 4 is 0 Å². The second-order valence-electron chi connectivity index (χ2n) is 6.36. The van der Waals surface area contributed by atoms with Crippen molar-refractivity contribution in [3.8, 4) is 11.1 Å². The molecule has 118 valence electrons. The fraction of sp³-hybridized carbons (Fsp3) is 0.333. The molecule has 0 amide bonds. The van der Waals surface area contributed by atoms with Crippen LogP contribution in [-0.2, 0) is 18.2 Å². The van der Waals surface area contributed by atoms with E-state index in [1.54, 1.807) is 30.3 Å². The van der Waals surface area contributed by atoms with Crippen LogP contribution in [0.15, 0.2) is 42.5 Å². The number of alkyl halides is 3. The van der Waals surface area contributed by atoms with E-state index in [1.807, 2.05) is 20.8 Å². The van der Waals surface area contributed by atoms with Gasteiger partial charge < -0.3 is 5.11 Å². The van der Waals surface area contributed by atoms with E-state index >= 15 is 0 Å². The SMILES string of the molecule is CC(C)(C)c1ccc(-c2ccc(CO)cc2)c(C(F)(F)F)c1. The zero-order valence-electron chi connectivity index (χ0n) is 12.8. The van der Waals surface area contributed by atoms with Crippen molar-refractivity contribution in [2.24, 2.45) is 0 Å². The second-order valence-corrected chi connectivity index (χ2v) is 6.36. The van der Waals surface area contributed by atoms with Crippen LogP contribution in [0.2, 0.25) is 0 Å². The molecule has 0 aliphatic heterocycles. The molecule has 1 nitrogen and oxygen atoms in total. The van der Waals surface area contributed by atoms with Crippen molar-refractivity contribution in [2.45, 2.75) is 39.0 Å². The van der Waals surface area contributed by atoms with E-state index in [-0.39, 0.29) is 17.6 Å². The Hall–Kier alpha value is -1.81. The van der Waals surface area contributed by atoms with Crippen LogP contribution in [0.1, 0.15) is 37.5 Å². The van der Waals surface area contributed by atoms with Crippen LogP contribution in [0, 0.1) is 0 Å². The summed E-state index contributed by atoms with van der Waals surface area (Å²) in [4.78, 5) is 0. The van der Waals surface area contributed by atoms with Gasteiger partial charge in [-0.1, -0.05) is 57.2 Å². The van der Waals surface area contributed by atoms with Gasteiger partial charge in [0.1, 0.15) is 0 Å². The number of benzene rings is 2. The molecule has 2 aromatic rings. The van der Waals surface area contributed by atoms with E-state index < -0.39 is 11.7 Å². The molecule has 0 fully saturated rings. The summed E-state index contributed by atoms with van der Waals surface area (Å²) in [5.41, 5.74) is 0.991. The summed E-state index contributed by atoms with van der Waals surface area (Å²) in [7, 11) is 0. The highest BCUT2D eigenvalue weighted by Crippen LogP contribution is 2.39. The predicted octanol–water partition coefficient (Wildman–Crippen LogP) is 5.16. The normalized spacial score (nSPS) is 12.5. The average Bonchev–Trinajstić information content (AvgIpc) is 2.45. The molecule has 0 aliphatic carbocycles. The first-order valence-corrected chi connectivity index (χ1v) is 7.05. The van der Waals surface area contributed by atoms with Gasteiger partial charge in [-0.15, -0.1) is 0 Å². The lowest BCUT2D eigenvalue weighted by atomic mass is 9.84. The lowest BCUT2D eigenvalue weighted by Gasteiger charge is -2.22. The lowest BCUT2D eigenvalue weighted by molar-refractivity contribution is -0.137. The third kappa shape index (κ3) is 3.50. The van der Waals surface area contributed by atoms with E-state index in [4.69, 9.17) is 5.11 Å². The van der Waals surface area contributed by atoms with Crippen LogP contribution in [0.5, 0.6) is 0 Å². The molecule has 0 unspecified atom stereocenters. The Morgan fingerprint density at radius 3 is 1.95 bits per heavy atom. The Morgan fingerprint density at radius 2 is 1.50 bits per heavy atom. The second kappa shape index (κ2) is 5.76. The minimum atomic E-state index is -4.41. The zero-order valence-corrected chi connectivity index (χ0v) is 12.8. The third-order valence-corrected chi connectivity index (χ3v) is 3.64. The van der Waals surface area contributed by atoms with Crippen molar-refractivity contribution in [1.82, 2.24) is 0 Å². The number of aliphatic hydroxyl groups is 1.